The summed E-state index contributed by atoms with van der Waals surface area (Å²) in [5, 5.41) is 0. The van der Waals surface area contributed by atoms with Crippen LogP contribution in [-0.2, 0) is 17.7 Å². The number of aromatic amines is 1. The smallest absolute Gasteiger partial charge is 0.255 e. The second kappa shape index (κ2) is 7.98. The molecule has 0 aliphatic carbocycles. The maximum Gasteiger partial charge on any atom is 0.255 e. The number of nitrogens with one attached hydrogen (secondary N) is 1. The fourth-order valence-electron chi connectivity index (χ4n) is 3.99. The molecule has 2 aromatic rings. The molecule has 2 aromatic heterocycles. The van der Waals surface area contributed by atoms with Crippen molar-refractivity contribution in [2.75, 3.05) is 36.0 Å². The molecule has 0 radical (unpaired) electrons. The van der Waals surface area contributed by atoms with Crippen LogP contribution in [0.3, 0.4) is 0 Å². The number of H-pyrrole nitrogens is 1. The monoisotopic (exact) mass is 400 g/mol. The molecule has 0 amide bonds. The summed E-state index contributed by atoms with van der Waals surface area (Å²) in [5.74, 6) is 1.78. The minimum absolute atomic E-state index is 0.0587. The summed E-state index contributed by atoms with van der Waals surface area (Å²) in [7, 11) is 0. The minimum Gasteiger partial charge on any atom is -0.478 e. The van der Waals surface area contributed by atoms with E-state index in [0.29, 0.717) is 57.0 Å². The highest BCUT2D eigenvalue weighted by atomic mass is 16.5. The van der Waals surface area contributed by atoms with Crippen LogP contribution in [0.25, 0.3) is 0 Å². The van der Waals surface area contributed by atoms with Crippen LogP contribution in [0.1, 0.15) is 37.7 Å². The van der Waals surface area contributed by atoms with Gasteiger partial charge in [-0.1, -0.05) is 0 Å². The molecule has 2 aliphatic rings. The van der Waals surface area contributed by atoms with Gasteiger partial charge in [0.2, 0.25) is 17.8 Å². The average molecular weight is 400 g/mol. The summed E-state index contributed by atoms with van der Waals surface area (Å²) in [5.41, 5.74) is 2.32. The lowest BCUT2D eigenvalue weighted by Crippen LogP contribution is -2.47. The summed E-state index contributed by atoms with van der Waals surface area (Å²) in [6.07, 6.45) is 0.790. The van der Waals surface area contributed by atoms with Crippen LogP contribution in [0.4, 0.5) is 11.9 Å². The van der Waals surface area contributed by atoms with Gasteiger partial charge < -0.3 is 19.3 Å². The highest BCUT2D eigenvalue weighted by Crippen LogP contribution is 2.23. The van der Waals surface area contributed by atoms with Crippen LogP contribution in [0, 0.1) is 6.92 Å². The van der Waals surface area contributed by atoms with Crippen molar-refractivity contribution in [2.45, 2.75) is 52.9 Å². The molecule has 9 nitrogen and oxygen atoms in total. The van der Waals surface area contributed by atoms with E-state index in [9.17, 15) is 4.79 Å². The Bertz CT molecular complexity index is 936. The van der Waals surface area contributed by atoms with Crippen LogP contribution < -0.4 is 20.1 Å². The number of morpholine rings is 1. The fourth-order valence-corrected chi connectivity index (χ4v) is 3.99. The number of hydrogen-bond acceptors (Lipinski definition) is 8. The van der Waals surface area contributed by atoms with E-state index in [0.717, 1.165) is 17.0 Å². The fraction of sp³-hybridized carbons (Fsp3) is 0.600. The largest absolute Gasteiger partial charge is 0.478 e. The Hall–Kier alpha value is -2.68. The lowest BCUT2D eigenvalue weighted by molar-refractivity contribution is -0.00575. The number of ether oxygens (including phenoxy) is 2. The Balaban J connectivity index is 1.62. The van der Waals surface area contributed by atoms with E-state index in [2.05, 4.69) is 24.8 Å². The van der Waals surface area contributed by atoms with Crippen LogP contribution in [0.2, 0.25) is 0 Å². The van der Waals surface area contributed by atoms with Crippen molar-refractivity contribution in [3.8, 4) is 5.88 Å². The summed E-state index contributed by atoms with van der Waals surface area (Å²) >= 11 is 0. The van der Waals surface area contributed by atoms with Crippen molar-refractivity contribution in [3.63, 3.8) is 0 Å². The molecule has 0 saturated carbocycles. The lowest BCUT2D eigenvalue weighted by atomic mass is 10.1. The van der Waals surface area contributed by atoms with Crippen molar-refractivity contribution in [2.24, 2.45) is 0 Å². The van der Waals surface area contributed by atoms with Gasteiger partial charge >= 0.3 is 0 Å². The van der Waals surface area contributed by atoms with Gasteiger partial charge in [-0.25, -0.2) is 9.97 Å². The van der Waals surface area contributed by atoms with Gasteiger partial charge in [-0.15, -0.1) is 0 Å². The van der Waals surface area contributed by atoms with E-state index in [4.69, 9.17) is 14.5 Å². The second-order valence-corrected chi connectivity index (χ2v) is 7.73. The Morgan fingerprint density at radius 3 is 2.69 bits per heavy atom. The normalized spacial score (nSPS) is 21.8. The molecule has 29 heavy (non-hydrogen) atoms. The van der Waals surface area contributed by atoms with E-state index >= 15 is 0 Å². The van der Waals surface area contributed by atoms with Crippen molar-refractivity contribution in [3.05, 3.63) is 33.4 Å². The van der Waals surface area contributed by atoms with Crippen molar-refractivity contribution >= 4 is 11.9 Å². The van der Waals surface area contributed by atoms with Crippen molar-refractivity contribution in [1.29, 1.82) is 0 Å². The molecule has 0 unspecified atom stereocenters. The number of fused-ring (bicyclic) bond motifs is 1. The molecule has 4 heterocycles. The molecule has 1 fully saturated rings. The zero-order chi connectivity index (χ0) is 20.5. The molecule has 2 aliphatic heterocycles. The van der Waals surface area contributed by atoms with Gasteiger partial charge in [0, 0.05) is 37.0 Å². The van der Waals surface area contributed by atoms with Gasteiger partial charge in [-0.3, -0.25) is 9.78 Å². The molecular formula is C20H28N6O3. The van der Waals surface area contributed by atoms with Crippen LogP contribution >= 0.6 is 0 Å². The van der Waals surface area contributed by atoms with E-state index < -0.39 is 0 Å². The molecule has 1 saturated heterocycles. The average Bonchev–Trinajstić information content (AvgIpc) is 2.66. The molecular weight excluding hydrogens is 372 g/mol. The third-order valence-corrected chi connectivity index (χ3v) is 5.17. The van der Waals surface area contributed by atoms with E-state index in [1.807, 2.05) is 33.8 Å². The number of rotatable bonds is 4. The molecule has 156 valence electrons. The predicted octanol–water partition coefficient (Wildman–Crippen LogP) is 1.44. The Labute approximate surface area is 170 Å². The third-order valence-electron chi connectivity index (χ3n) is 5.17. The lowest BCUT2D eigenvalue weighted by Gasteiger charge is -2.36. The topological polar surface area (TPSA) is 96.5 Å². The molecule has 2 atom stereocenters. The Morgan fingerprint density at radius 1 is 1.21 bits per heavy atom. The molecule has 9 heteroatoms. The Kier molecular flexibility index (Phi) is 5.40. The molecule has 0 bridgehead atoms. The molecule has 1 N–H and O–H groups in total. The number of aromatic nitrogens is 4. The number of nitrogens with zero attached hydrogens (tertiary/aromatic N) is 5. The zero-order valence-corrected chi connectivity index (χ0v) is 17.4. The van der Waals surface area contributed by atoms with Crippen molar-refractivity contribution in [1.82, 2.24) is 19.9 Å². The summed E-state index contributed by atoms with van der Waals surface area (Å²) < 4.78 is 11.4. The van der Waals surface area contributed by atoms with Gasteiger partial charge in [-0.2, -0.15) is 4.98 Å². The third kappa shape index (κ3) is 4.19. The highest BCUT2D eigenvalue weighted by Gasteiger charge is 2.27. The first-order valence-corrected chi connectivity index (χ1v) is 10.2. The number of hydrogen-bond donors (Lipinski definition) is 1. The number of aryl methyl sites for hydroxylation is 1. The van der Waals surface area contributed by atoms with Gasteiger partial charge in [0.15, 0.2) is 0 Å². The van der Waals surface area contributed by atoms with Crippen LogP contribution in [0.5, 0.6) is 5.88 Å². The van der Waals surface area contributed by atoms with E-state index in [-0.39, 0.29) is 17.8 Å². The van der Waals surface area contributed by atoms with Gasteiger partial charge in [0.05, 0.1) is 31.1 Å². The molecule has 0 aromatic carbocycles. The maximum atomic E-state index is 12.7. The maximum absolute atomic E-state index is 12.7. The summed E-state index contributed by atoms with van der Waals surface area (Å²) in [4.78, 5) is 33.7. The molecule has 0 spiro atoms. The quantitative estimate of drug-likeness (QED) is 0.824. The van der Waals surface area contributed by atoms with Gasteiger partial charge in [-0.05, 0) is 34.1 Å². The first kappa shape index (κ1) is 19.6. The van der Waals surface area contributed by atoms with Crippen molar-refractivity contribution < 1.29 is 9.47 Å². The minimum atomic E-state index is -0.0587. The second-order valence-electron chi connectivity index (χ2n) is 7.73. The summed E-state index contributed by atoms with van der Waals surface area (Å²) in [6.45, 7) is 11.0. The van der Waals surface area contributed by atoms with Crippen LogP contribution in [0.15, 0.2) is 10.9 Å². The first-order valence-electron chi connectivity index (χ1n) is 10.2. The zero-order valence-electron chi connectivity index (χ0n) is 17.4. The standard InChI is InChI=1S/C20H28N6O3/c1-5-28-17-8-12(2)21-19(23-17)25-7-6-15-16(11-25)22-20(24-18(15)27)26-9-13(3)29-14(4)10-26/h8,13-14H,5-7,9-11H2,1-4H3,(H,22,24,27)/t13-,14+. The van der Waals surface area contributed by atoms with E-state index in [1.54, 1.807) is 0 Å². The first-order chi connectivity index (χ1) is 13.9. The van der Waals surface area contributed by atoms with Gasteiger partial charge in [0.25, 0.3) is 5.56 Å². The SMILES string of the molecule is CCOc1cc(C)nc(N2CCc3c(nc(N4C[C@@H](C)O[C@@H](C)C4)[nH]c3=O)C2)n1. The van der Waals surface area contributed by atoms with Gasteiger partial charge in [0.1, 0.15) is 0 Å². The highest BCUT2D eigenvalue weighted by molar-refractivity contribution is 5.41. The van der Waals surface area contributed by atoms with E-state index in [1.165, 1.54) is 0 Å². The Morgan fingerprint density at radius 2 is 1.97 bits per heavy atom. The molecule has 4 rings (SSSR count). The predicted molar refractivity (Wildman–Crippen MR) is 110 cm³/mol. The van der Waals surface area contributed by atoms with Crippen LogP contribution in [-0.4, -0.2) is 58.4 Å². The summed E-state index contributed by atoms with van der Waals surface area (Å²) in [6, 6.07) is 1.83. The number of anilines is 2.